The number of aryl methyl sites for hydroxylation is 1. The lowest BCUT2D eigenvalue weighted by atomic mass is 9.95. The molecule has 25 heavy (non-hydrogen) atoms. The van der Waals surface area contributed by atoms with E-state index in [1.807, 2.05) is 6.07 Å². The zero-order valence-electron chi connectivity index (χ0n) is 14.6. The number of aromatic nitrogens is 4. The highest BCUT2D eigenvalue weighted by Crippen LogP contribution is 2.35. The highest BCUT2D eigenvalue weighted by Gasteiger charge is 2.22. The third-order valence-electron chi connectivity index (χ3n) is 4.82. The molecule has 1 aliphatic rings. The van der Waals surface area contributed by atoms with Gasteiger partial charge in [0.05, 0.1) is 17.7 Å². The van der Waals surface area contributed by atoms with Crippen LogP contribution in [0.2, 0.25) is 0 Å². The van der Waals surface area contributed by atoms with Crippen LogP contribution in [0.25, 0.3) is 11.7 Å². The topological polar surface area (TPSA) is 69.9 Å². The number of imidazole rings is 1. The Balaban J connectivity index is 1.50. The van der Waals surface area contributed by atoms with Gasteiger partial charge in [0.2, 0.25) is 0 Å². The molecule has 0 bridgehead atoms. The molecule has 1 saturated carbocycles. The molecule has 0 saturated heterocycles. The minimum Gasteiger partial charge on any atom is -0.459 e. The molecule has 0 spiro atoms. The van der Waals surface area contributed by atoms with Crippen LogP contribution in [0.15, 0.2) is 32.5 Å². The van der Waals surface area contributed by atoms with Gasteiger partial charge in [-0.3, -0.25) is 0 Å². The van der Waals surface area contributed by atoms with Crippen LogP contribution in [0.3, 0.4) is 0 Å². The molecule has 0 aromatic carbocycles. The molecular weight excluding hydrogens is 336 g/mol. The first-order chi connectivity index (χ1) is 12.2. The molecule has 0 aliphatic heterocycles. The summed E-state index contributed by atoms with van der Waals surface area (Å²) in [4.78, 5) is 9.19. The van der Waals surface area contributed by atoms with Crippen LogP contribution in [0.1, 0.15) is 55.4 Å². The first kappa shape index (κ1) is 16.4. The van der Waals surface area contributed by atoms with E-state index >= 15 is 0 Å². The highest BCUT2D eigenvalue weighted by atomic mass is 32.2. The Morgan fingerprint density at radius 2 is 2.04 bits per heavy atom. The summed E-state index contributed by atoms with van der Waals surface area (Å²) in [5.74, 6) is 2.31. The van der Waals surface area contributed by atoms with Gasteiger partial charge in [0, 0.05) is 11.7 Å². The minimum atomic E-state index is 0.420. The van der Waals surface area contributed by atoms with E-state index in [-0.39, 0.29) is 0 Å². The highest BCUT2D eigenvalue weighted by molar-refractivity contribution is 7.98. The molecule has 0 atom stereocenters. The zero-order valence-corrected chi connectivity index (χ0v) is 15.4. The fourth-order valence-electron chi connectivity index (χ4n) is 3.41. The van der Waals surface area contributed by atoms with Crippen molar-refractivity contribution in [1.29, 1.82) is 0 Å². The van der Waals surface area contributed by atoms with Crippen LogP contribution in [0, 0.1) is 13.8 Å². The molecular formula is C18H22N4O2S. The quantitative estimate of drug-likeness (QED) is 0.602. The summed E-state index contributed by atoms with van der Waals surface area (Å²) in [6.45, 7) is 4.26. The molecule has 3 heterocycles. The van der Waals surface area contributed by atoms with Crippen LogP contribution in [-0.4, -0.2) is 19.7 Å². The zero-order chi connectivity index (χ0) is 17.2. The van der Waals surface area contributed by atoms with Gasteiger partial charge < -0.3 is 13.5 Å². The average molecular weight is 358 g/mol. The predicted octanol–water partition coefficient (Wildman–Crippen LogP) is 4.94. The Kier molecular flexibility index (Phi) is 4.65. The van der Waals surface area contributed by atoms with Crippen molar-refractivity contribution in [1.82, 2.24) is 19.7 Å². The van der Waals surface area contributed by atoms with Crippen molar-refractivity contribution in [3.63, 3.8) is 0 Å². The van der Waals surface area contributed by atoms with E-state index in [9.17, 15) is 0 Å². The van der Waals surface area contributed by atoms with E-state index < -0.39 is 0 Å². The second kappa shape index (κ2) is 7.07. The molecule has 0 unspecified atom stereocenters. The van der Waals surface area contributed by atoms with Gasteiger partial charge in [-0.15, -0.1) is 0 Å². The number of furan rings is 1. The Hall–Kier alpha value is -2.02. The van der Waals surface area contributed by atoms with Crippen molar-refractivity contribution in [2.24, 2.45) is 0 Å². The summed E-state index contributed by atoms with van der Waals surface area (Å²) in [6, 6.07) is 4.19. The lowest BCUT2D eigenvalue weighted by molar-refractivity contribution is 0.332. The average Bonchev–Trinajstić information content (AvgIpc) is 3.35. The van der Waals surface area contributed by atoms with Gasteiger partial charge >= 0.3 is 0 Å². The van der Waals surface area contributed by atoms with Crippen LogP contribution in [0.5, 0.6) is 0 Å². The van der Waals surface area contributed by atoms with Crippen LogP contribution in [0.4, 0.5) is 0 Å². The second-order valence-corrected chi connectivity index (χ2v) is 7.45. The fraction of sp³-hybridized carbons (Fsp3) is 0.500. The number of thioether (sulfide) groups is 1. The van der Waals surface area contributed by atoms with Crippen LogP contribution in [-0.2, 0) is 5.75 Å². The Bertz CT molecular complexity index is 832. The van der Waals surface area contributed by atoms with Gasteiger partial charge in [0.1, 0.15) is 0 Å². The molecule has 132 valence electrons. The van der Waals surface area contributed by atoms with Crippen LogP contribution < -0.4 is 0 Å². The molecule has 0 N–H and O–H groups in total. The lowest BCUT2D eigenvalue weighted by Gasteiger charge is -2.25. The van der Waals surface area contributed by atoms with E-state index in [1.54, 1.807) is 24.1 Å². The minimum absolute atomic E-state index is 0.420. The van der Waals surface area contributed by atoms with Gasteiger partial charge in [-0.1, -0.05) is 36.2 Å². The van der Waals surface area contributed by atoms with Crippen LogP contribution >= 0.6 is 11.8 Å². The molecule has 6 nitrogen and oxygen atoms in total. The maximum Gasteiger partial charge on any atom is 0.293 e. The van der Waals surface area contributed by atoms with E-state index in [1.165, 1.54) is 37.8 Å². The van der Waals surface area contributed by atoms with Crippen molar-refractivity contribution in [2.45, 2.75) is 62.9 Å². The van der Waals surface area contributed by atoms with E-state index in [0.29, 0.717) is 29.3 Å². The Labute approximate surface area is 151 Å². The van der Waals surface area contributed by atoms with Gasteiger partial charge in [0.25, 0.3) is 5.89 Å². The normalized spacial score (nSPS) is 15.8. The van der Waals surface area contributed by atoms with Gasteiger partial charge in [-0.2, -0.15) is 4.98 Å². The first-order valence-corrected chi connectivity index (χ1v) is 9.75. The number of rotatable bonds is 5. The van der Waals surface area contributed by atoms with Crippen molar-refractivity contribution in [3.05, 3.63) is 35.6 Å². The third-order valence-corrected chi connectivity index (χ3v) is 5.77. The summed E-state index contributed by atoms with van der Waals surface area (Å²) >= 11 is 1.68. The summed E-state index contributed by atoms with van der Waals surface area (Å²) in [5, 5.41) is 5.12. The van der Waals surface area contributed by atoms with Crippen molar-refractivity contribution in [3.8, 4) is 11.7 Å². The molecule has 1 aliphatic carbocycles. The van der Waals surface area contributed by atoms with E-state index in [2.05, 4.69) is 28.6 Å². The molecule has 1 fully saturated rings. The summed E-state index contributed by atoms with van der Waals surface area (Å²) in [6.07, 6.45) is 8.06. The molecule has 4 rings (SSSR count). The molecule has 0 amide bonds. The molecule has 3 aromatic heterocycles. The number of hydrogen-bond donors (Lipinski definition) is 0. The number of nitrogens with zero attached hydrogens (tertiary/aromatic N) is 4. The standard InChI is InChI=1S/C18H22N4O2S/c1-12-13(2)22(14-7-4-3-5-8-14)18(19-12)25-11-16-20-17(24-21-16)15-9-6-10-23-15/h6,9-10,14H,3-5,7-8,11H2,1-2H3. The van der Waals surface area contributed by atoms with Crippen molar-refractivity contribution in [2.75, 3.05) is 0 Å². The van der Waals surface area contributed by atoms with E-state index in [0.717, 1.165) is 10.9 Å². The molecule has 7 heteroatoms. The summed E-state index contributed by atoms with van der Waals surface area (Å²) < 4.78 is 13.0. The SMILES string of the molecule is Cc1nc(SCc2noc(-c3ccco3)n2)n(C2CCCCC2)c1C. The lowest BCUT2D eigenvalue weighted by Crippen LogP contribution is -2.15. The maximum atomic E-state index is 5.29. The van der Waals surface area contributed by atoms with Crippen molar-refractivity contribution >= 4 is 11.8 Å². The molecule has 3 aromatic rings. The third kappa shape index (κ3) is 3.38. The van der Waals surface area contributed by atoms with Gasteiger partial charge in [-0.25, -0.2) is 4.98 Å². The summed E-state index contributed by atoms with van der Waals surface area (Å²) in [5.41, 5.74) is 2.39. The van der Waals surface area contributed by atoms with Gasteiger partial charge in [0.15, 0.2) is 16.7 Å². The second-order valence-electron chi connectivity index (χ2n) is 6.51. The predicted molar refractivity (Wildman–Crippen MR) is 95.4 cm³/mol. The smallest absolute Gasteiger partial charge is 0.293 e. The Morgan fingerprint density at radius 3 is 2.80 bits per heavy atom. The monoisotopic (exact) mass is 358 g/mol. The molecule has 0 radical (unpaired) electrons. The number of hydrogen-bond acceptors (Lipinski definition) is 6. The summed E-state index contributed by atoms with van der Waals surface area (Å²) in [7, 11) is 0. The van der Waals surface area contributed by atoms with Gasteiger partial charge in [-0.05, 0) is 38.8 Å². The maximum absolute atomic E-state index is 5.29. The van der Waals surface area contributed by atoms with E-state index in [4.69, 9.17) is 13.9 Å². The van der Waals surface area contributed by atoms with Crippen molar-refractivity contribution < 1.29 is 8.94 Å². The Morgan fingerprint density at radius 1 is 1.20 bits per heavy atom. The fourth-order valence-corrected chi connectivity index (χ4v) is 4.41. The first-order valence-electron chi connectivity index (χ1n) is 8.77. The largest absolute Gasteiger partial charge is 0.459 e.